The third kappa shape index (κ3) is 2.73. The Morgan fingerprint density at radius 1 is 1.29 bits per heavy atom. The number of rotatable bonds is 3. The molecule has 7 heteroatoms. The Morgan fingerprint density at radius 2 is 2.10 bits per heavy atom. The molecule has 2 fully saturated rings. The van der Waals surface area contributed by atoms with Crippen molar-refractivity contribution in [2.24, 2.45) is 0 Å². The number of benzene rings is 1. The number of piperazine rings is 1. The second kappa shape index (κ2) is 5.40. The largest absolute Gasteiger partial charge is 0.336 e. The van der Waals surface area contributed by atoms with E-state index in [1.807, 2.05) is 4.90 Å². The molecule has 2 aliphatic rings. The van der Waals surface area contributed by atoms with Crippen molar-refractivity contribution in [1.29, 1.82) is 0 Å². The molecular formula is C14H15F2N3O2. The molecule has 5 nitrogen and oxygen atoms in total. The predicted molar refractivity (Wildman–Crippen MR) is 71.0 cm³/mol. The monoisotopic (exact) mass is 295 g/mol. The second-order valence-corrected chi connectivity index (χ2v) is 5.32. The van der Waals surface area contributed by atoms with Crippen molar-refractivity contribution in [3.8, 4) is 0 Å². The Balaban J connectivity index is 1.63. The van der Waals surface area contributed by atoms with E-state index in [-0.39, 0.29) is 30.0 Å². The number of Topliss-reactive ketones (excluding diaryl/α,β-unsaturated/α-hetero) is 1. The maximum absolute atomic E-state index is 13.1. The Labute approximate surface area is 120 Å². The molecule has 2 heterocycles. The van der Waals surface area contributed by atoms with Crippen molar-refractivity contribution in [1.82, 2.24) is 15.1 Å². The van der Waals surface area contributed by atoms with Crippen LogP contribution in [0.3, 0.4) is 0 Å². The summed E-state index contributed by atoms with van der Waals surface area (Å²) in [5.74, 6) is -2.23. The number of carbonyl (C=O) groups is 2. The van der Waals surface area contributed by atoms with Crippen LogP contribution in [0.15, 0.2) is 18.2 Å². The Kier molecular flexibility index (Phi) is 3.59. The molecule has 1 unspecified atom stereocenters. The number of halogens is 2. The topological polar surface area (TPSA) is 52.7 Å². The van der Waals surface area contributed by atoms with Crippen molar-refractivity contribution in [3.63, 3.8) is 0 Å². The van der Waals surface area contributed by atoms with E-state index in [4.69, 9.17) is 0 Å². The summed E-state index contributed by atoms with van der Waals surface area (Å²) in [4.78, 5) is 27.3. The summed E-state index contributed by atoms with van der Waals surface area (Å²) < 4.78 is 26.0. The van der Waals surface area contributed by atoms with E-state index in [2.05, 4.69) is 5.32 Å². The molecule has 1 aromatic carbocycles. The van der Waals surface area contributed by atoms with Crippen LogP contribution in [0.25, 0.3) is 0 Å². The van der Waals surface area contributed by atoms with Crippen molar-refractivity contribution in [3.05, 3.63) is 35.4 Å². The number of nitrogens with one attached hydrogen (secondary N) is 1. The molecular weight excluding hydrogens is 280 g/mol. The first kappa shape index (κ1) is 13.9. The molecule has 0 saturated carbocycles. The van der Waals surface area contributed by atoms with Gasteiger partial charge in [-0.15, -0.1) is 0 Å². The number of fused-ring (bicyclic) bond motifs is 1. The number of carbonyl (C=O) groups excluding carboxylic acids is 2. The quantitative estimate of drug-likeness (QED) is 0.841. The predicted octanol–water partition coefficient (Wildman–Crippen LogP) is 0.857. The van der Waals surface area contributed by atoms with Crippen LogP contribution in [0.4, 0.5) is 13.6 Å². The Hall–Kier alpha value is -2.02. The molecule has 2 saturated heterocycles. The van der Waals surface area contributed by atoms with E-state index >= 15 is 0 Å². The first-order valence-corrected chi connectivity index (χ1v) is 6.79. The fourth-order valence-electron chi connectivity index (χ4n) is 2.78. The van der Waals surface area contributed by atoms with Crippen LogP contribution in [-0.4, -0.2) is 60.4 Å². The number of hydrogen-bond donors (Lipinski definition) is 1. The minimum atomic E-state index is -1.02. The summed E-state index contributed by atoms with van der Waals surface area (Å²) in [6.07, 6.45) is 0. The molecule has 3 rings (SSSR count). The zero-order valence-corrected chi connectivity index (χ0v) is 11.3. The van der Waals surface area contributed by atoms with Gasteiger partial charge in [-0.2, -0.15) is 0 Å². The molecule has 0 aromatic heterocycles. The summed E-state index contributed by atoms with van der Waals surface area (Å²) in [6, 6.07) is 3.18. The highest BCUT2D eigenvalue weighted by molar-refractivity contribution is 5.97. The van der Waals surface area contributed by atoms with E-state index in [1.165, 1.54) is 6.07 Å². The van der Waals surface area contributed by atoms with Crippen molar-refractivity contribution in [2.75, 3.05) is 32.7 Å². The summed E-state index contributed by atoms with van der Waals surface area (Å²) in [7, 11) is 0. The van der Waals surface area contributed by atoms with Gasteiger partial charge in [0.15, 0.2) is 17.4 Å². The molecule has 2 amide bonds. The van der Waals surface area contributed by atoms with Gasteiger partial charge >= 0.3 is 6.03 Å². The van der Waals surface area contributed by atoms with Crippen LogP contribution in [0.1, 0.15) is 10.4 Å². The van der Waals surface area contributed by atoms with E-state index < -0.39 is 11.6 Å². The van der Waals surface area contributed by atoms with Gasteiger partial charge in [0, 0.05) is 31.7 Å². The highest BCUT2D eigenvalue weighted by Gasteiger charge is 2.35. The number of nitrogens with zero attached hydrogens (tertiary/aromatic N) is 2. The molecule has 0 bridgehead atoms. The summed E-state index contributed by atoms with van der Waals surface area (Å²) in [5.41, 5.74) is 0.164. The SMILES string of the molecule is O=C(CN1CCN2C(=O)NCC2C1)c1ccc(F)c(F)c1. The maximum atomic E-state index is 13.1. The van der Waals surface area contributed by atoms with Crippen LogP contribution < -0.4 is 5.32 Å². The minimum absolute atomic E-state index is 0.0633. The summed E-state index contributed by atoms with van der Waals surface area (Å²) in [6.45, 7) is 2.49. The van der Waals surface area contributed by atoms with Crippen LogP contribution >= 0.6 is 0 Å². The average molecular weight is 295 g/mol. The van der Waals surface area contributed by atoms with E-state index in [0.29, 0.717) is 26.2 Å². The van der Waals surface area contributed by atoms with Crippen molar-refractivity contribution < 1.29 is 18.4 Å². The van der Waals surface area contributed by atoms with Gasteiger partial charge in [-0.05, 0) is 18.2 Å². The first-order chi connectivity index (χ1) is 10.0. The first-order valence-electron chi connectivity index (χ1n) is 6.79. The molecule has 0 aliphatic carbocycles. The van der Waals surface area contributed by atoms with Gasteiger partial charge in [-0.25, -0.2) is 13.6 Å². The van der Waals surface area contributed by atoms with E-state index in [0.717, 1.165) is 12.1 Å². The Morgan fingerprint density at radius 3 is 2.86 bits per heavy atom. The second-order valence-electron chi connectivity index (χ2n) is 5.32. The fraction of sp³-hybridized carbons (Fsp3) is 0.429. The minimum Gasteiger partial charge on any atom is -0.336 e. The molecule has 21 heavy (non-hydrogen) atoms. The van der Waals surface area contributed by atoms with Crippen LogP contribution in [0, 0.1) is 11.6 Å². The number of urea groups is 1. The molecule has 0 spiro atoms. The molecule has 1 N–H and O–H groups in total. The number of ketones is 1. The highest BCUT2D eigenvalue weighted by atomic mass is 19.2. The van der Waals surface area contributed by atoms with Gasteiger partial charge in [0.2, 0.25) is 0 Å². The third-order valence-electron chi connectivity index (χ3n) is 3.93. The molecule has 112 valence electrons. The fourth-order valence-corrected chi connectivity index (χ4v) is 2.78. The van der Waals surface area contributed by atoms with E-state index in [1.54, 1.807) is 4.90 Å². The standard InChI is InChI=1S/C14H15F2N3O2/c15-11-2-1-9(5-12(11)16)13(20)8-18-3-4-19-10(7-18)6-17-14(19)21/h1-2,5,10H,3-4,6-8H2,(H,17,21). The molecule has 2 aliphatic heterocycles. The van der Waals surface area contributed by atoms with Gasteiger partial charge in [0.25, 0.3) is 0 Å². The average Bonchev–Trinajstić information content (AvgIpc) is 2.83. The van der Waals surface area contributed by atoms with Crippen LogP contribution in [-0.2, 0) is 0 Å². The van der Waals surface area contributed by atoms with Crippen molar-refractivity contribution >= 4 is 11.8 Å². The normalized spacial score (nSPS) is 22.1. The lowest BCUT2D eigenvalue weighted by Crippen LogP contribution is -2.53. The van der Waals surface area contributed by atoms with Gasteiger partial charge in [0.05, 0.1) is 12.6 Å². The highest BCUT2D eigenvalue weighted by Crippen LogP contribution is 2.15. The third-order valence-corrected chi connectivity index (χ3v) is 3.93. The lowest BCUT2D eigenvalue weighted by molar-refractivity contribution is 0.0837. The smallest absolute Gasteiger partial charge is 0.317 e. The van der Waals surface area contributed by atoms with Crippen molar-refractivity contribution in [2.45, 2.75) is 6.04 Å². The van der Waals surface area contributed by atoms with Gasteiger partial charge < -0.3 is 10.2 Å². The van der Waals surface area contributed by atoms with Crippen LogP contribution in [0.2, 0.25) is 0 Å². The maximum Gasteiger partial charge on any atom is 0.317 e. The number of hydrogen-bond acceptors (Lipinski definition) is 3. The Bertz CT molecular complexity index is 594. The molecule has 1 aromatic rings. The molecule has 1 atom stereocenters. The van der Waals surface area contributed by atoms with Gasteiger partial charge in [-0.3, -0.25) is 9.69 Å². The summed E-state index contributed by atoms with van der Waals surface area (Å²) in [5, 5.41) is 2.76. The molecule has 0 radical (unpaired) electrons. The zero-order chi connectivity index (χ0) is 15.0. The lowest BCUT2D eigenvalue weighted by atomic mass is 10.1. The van der Waals surface area contributed by atoms with Gasteiger partial charge in [0.1, 0.15) is 0 Å². The number of amides is 2. The van der Waals surface area contributed by atoms with E-state index in [9.17, 15) is 18.4 Å². The summed E-state index contributed by atoms with van der Waals surface area (Å²) >= 11 is 0. The van der Waals surface area contributed by atoms with Gasteiger partial charge in [-0.1, -0.05) is 0 Å². The van der Waals surface area contributed by atoms with Crippen LogP contribution in [0.5, 0.6) is 0 Å². The zero-order valence-electron chi connectivity index (χ0n) is 11.3. The lowest BCUT2D eigenvalue weighted by Gasteiger charge is -2.35.